The van der Waals surface area contributed by atoms with E-state index in [4.69, 9.17) is 15.9 Å². The van der Waals surface area contributed by atoms with Crippen molar-refractivity contribution in [1.29, 1.82) is 5.41 Å². The Labute approximate surface area is 112 Å². The van der Waals surface area contributed by atoms with E-state index in [-0.39, 0.29) is 5.84 Å². The number of aryl methyl sites for hydroxylation is 3. The summed E-state index contributed by atoms with van der Waals surface area (Å²) < 4.78 is 5.76. The molecule has 0 amide bonds. The number of amidine groups is 1. The summed E-state index contributed by atoms with van der Waals surface area (Å²) in [6.45, 7) is 5.95. The Bertz CT molecular complexity index is 635. The van der Waals surface area contributed by atoms with Gasteiger partial charge in [-0.15, -0.1) is 0 Å². The Morgan fingerprint density at radius 3 is 2.47 bits per heavy atom. The minimum Gasteiger partial charge on any atom is -0.438 e. The summed E-state index contributed by atoms with van der Waals surface area (Å²) in [4.78, 5) is 4.17. The van der Waals surface area contributed by atoms with E-state index in [0.29, 0.717) is 17.2 Å². The first kappa shape index (κ1) is 13.1. The molecule has 98 valence electrons. The third-order valence-electron chi connectivity index (χ3n) is 3.09. The molecule has 4 nitrogen and oxygen atoms in total. The molecule has 3 N–H and O–H groups in total. The quantitative estimate of drug-likeness (QED) is 0.654. The number of rotatable bonds is 3. The van der Waals surface area contributed by atoms with E-state index in [9.17, 15) is 0 Å². The maximum atomic E-state index is 7.62. The standard InChI is InChI=1S/C15H17N3O/c1-9-4-5-12(8-11(9)3)19-15-13(14(16)17)10(2)6-7-18-15/h4-8H,1-3H3,(H3,16,17). The lowest BCUT2D eigenvalue weighted by Crippen LogP contribution is -2.14. The van der Waals surface area contributed by atoms with Crippen LogP contribution in [-0.2, 0) is 0 Å². The number of nitrogens with zero attached hydrogens (tertiary/aromatic N) is 1. The van der Waals surface area contributed by atoms with Gasteiger partial charge in [0.2, 0.25) is 5.88 Å². The van der Waals surface area contributed by atoms with Gasteiger partial charge in [0.05, 0.1) is 5.56 Å². The normalized spacial score (nSPS) is 10.3. The van der Waals surface area contributed by atoms with Gasteiger partial charge in [0.15, 0.2) is 0 Å². The first-order chi connectivity index (χ1) is 8.99. The highest BCUT2D eigenvalue weighted by Gasteiger charge is 2.12. The average molecular weight is 255 g/mol. The van der Waals surface area contributed by atoms with Crippen molar-refractivity contribution in [2.75, 3.05) is 0 Å². The molecule has 1 aromatic carbocycles. The Hall–Kier alpha value is -2.36. The van der Waals surface area contributed by atoms with Gasteiger partial charge in [-0.25, -0.2) is 4.98 Å². The third kappa shape index (κ3) is 2.73. The lowest BCUT2D eigenvalue weighted by molar-refractivity contribution is 0.460. The molecule has 4 heteroatoms. The molecule has 0 radical (unpaired) electrons. The van der Waals surface area contributed by atoms with Crippen LogP contribution in [0.4, 0.5) is 0 Å². The van der Waals surface area contributed by atoms with Crippen molar-refractivity contribution in [2.45, 2.75) is 20.8 Å². The molecule has 0 atom stereocenters. The van der Waals surface area contributed by atoms with Crippen molar-refractivity contribution in [1.82, 2.24) is 4.98 Å². The molecule has 0 aliphatic rings. The van der Waals surface area contributed by atoms with Gasteiger partial charge in [-0.05, 0) is 55.7 Å². The fourth-order valence-corrected chi connectivity index (χ4v) is 1.83. The zero-order valence-electron chi connectivity index (χ0n) is 11.3. The van der Waals surface area contributed by atoms with Gasteiger partial charge in [0.25, 0.3) is 0 Å². The topological polar surface area (TPSA) is 72.0 Å². The van der Waals surface area contributed by atoms with E-state index >= 15 is 0 Å². The second kappa shape index (κ2) is 5.10. The molecule has 19 heavy (non-hydrogen) atoms. The highest BCUT2D eigenvalue weighted by molar-refractivity contribution is 5.98. The molecule has 0 spiro atoms. The molecule has 2 aromatic rings. The van der Waals surface area contributed by atoms with Gasteiger partial charge in [-0.2, -0.15) is 0 Å². The maximum absolute atomic E-state index is 7.62. The van der Waals surface area contributed by atoms with Crippen LogP contribution in [-0.4, -0.2) is 10.8 Å². The highest BCUT2D eigenvalue weighted by Crippen LogP contribution is 2.26. The molecule has 0 aliphatic carbocycles. The number of nitrogens with two attached hydrogens (primary N) is 1. The lowest BCUT2D eigenvalue weighted by Gasteiger charge is -2.12. The zero-order chi connectivity index (χ0) is 14.0. The zero-order valence-corrected chi connectivity index (χ0v) is 11.3. The molecule has 1 heterocycles. The average Bonchev–Trinajstić information content (AvgIpc) is 2.33. The van der Waals surface area contributed by atoms with Crippen molar-refractivity contribution in [3.8, 4) is 11.6 Å². The van der Waals surface area contributed by atoms with Gasteiger partial charge in [0.1, 0.15) is 11.6 Å². The van der Waals surface area contributed by atoms with Gasteiger partial charge >= 0.3 is 0 Å². The van der Waals surface area contributed by atoms with Crippen LogP contribution in [0.2, 0.25) is 0 Å². The summed E-state index contributed by atoms with van der Waals surface area (Å²) in [5.74, 6) is 1.03. The van der Waals surface area contributed by atoms with Crippen LogP contribution in [0.3, 0.4) is 0 Å². The number of hydrogen-bond acceptors (Lipinski definition) is 3. The van der Waals surface area contributed by atoms with Gasteiger partial charge in [-0.1, -0.05) is 6.07 Å². The predicted octanol–water partition coefficient (Wildman–Crippen LogP) is 3.08. The molecule has 0 fully saturated rings. The molecule has 0 saturated heterocycles. The van der Waals surface area contributed by atoms with E-state index < -0.39 is 0 Å². The van der Waals surface area contributed by atoms with Crippen molar-refractivity contribution in [2.24, 2.45) is 5.73 Å². The number of aromatic nitrogens is 1. The van der Waals surface area contributed by atoms with Crippen LogP contribution in [0.5, 0.6) is 11.6 Å². The van der Waals surface area contributed by atoms with E-state index in [1.807, 2.05) is 45.0 Å². The van der Waals surface area contributed by atoms with E-state index in [1.165, 1.54) is 5.56 Å². The Morgan fingerprint density at radius 2 is 1.84 bits per heavy atom. The minimum atomic E-state index is -0.0376. The largest absolute Gasteiger partial charge is 0.438 e. The molecular weight excluding hydrogens is 238 g/mol. The molecule has 2 rings (SSSR count). The van der Waals surface area contributed by atoms with Crippen molar-refractivity contribution in [3.63, 3.8) is 0 Å². The van der Waals surface area contributed by atoms with E-state index in [2.05, 4.69) is 4.98 Å². The first-order valence-corrected chi connectivity index (χ1v) is 6.04. The van der Waals surface area contributed by atoms with Gasteiger partial charge < -0.3 is 10.5 Å². The van der Waals surface area contributed by atoms with E-state index in [0.717, 1.165) is 11.1 Å². The first-order valence-electron chi connectivity index (χ1n) is 6.04. The van der Waals surface area contributed by atoms with Gasteiger partial charge in [0, 0.05) is 6.20 Å². The number of nitrogen functional groups attached to an aromatic ring is 1. The van der Waals surface area contributed by atoms with Crippen LogP contribution < -0.4 is 10.5 Å². The summed E-state index contributed by atoms with van der Waals surface area (Å²) in [5.41, 5.74) is 9.36. The molecule has 0 bridgehead atoms. The monoisotopic (exact) mass is 255 g/mol. The number of hydrogen-bond donors (Lipinski definition) is 2. The predicted molar refractivity (Wildman–Crippen MR) is 76.0 cm³/mol. The van der Waals surface area contributed by atoms with Crippen LogP contribution in [0.25, 0.3) is 0 Å². The minimum absolute atomic E-state index is 0.0376. The fourth-order valence-electron chi connectivity index (χ4n) is 1.83. The van der Waals surface area contributed by atoms with Crippen molar-refractivity contribution >= 4 is 5.84 Å². The van der Waals surface area contributed by atoms with Crippen molar-refractivity contribution in [3.05, 3.63) is 52.7 Å². The second-order valence-electron chi connectivity index (χ2n) is 4.57. The summed E-state index contributed by atoms with van der Waals surface area (Å²) in [6, 6.07) is 7.64. The molecule has 1 aromatic heterocycles. The molecule has 0 aliphatic heterocycles. The molecule has 0 unspecified atom stereocenters. The van der Waals surface area contributed by atoms with Crippen LogP contribution >= 0.6 is 0 Å². The number of pyridine rings is 1. The summed E-state index contributed by atoms with van der Waals surface area (Å²) in [7, 11) is 0. The molecular formula is C15H17N3O. The summed E-state index contributed by atoms with van der Waals surface area (Å²) in [5, 5.41) is 7.62. The number of ether oxygens (including phenoxy) is 1. The highest BCUT2D eigenvalue weighted by atomic mass is 16.5. The molecule has 0 saturated carbocycles. The van der Waals surface area contributed by atoms with Crippen LogP contribution in [0.1, 0.15) is 22.3 Å². The van der Waals surface area contributed by atoms with E-state index in [1.54, 1.807) is 6.20 Å². The maximum Gasteiger partial charge on any atom is 0.230 e. The third-order valence-corrected chi connectivity index (χ3v) is 3.09. The van der Waals surface area contributed by atoms with Crippen LogP contribution in [0.15, 0.2) is 30.5 Å². The Kier molecular flexibility index (Phi) is 3.51. The lowest BCUT2D eigenvalue weighted by atomic mass is 10.1. The smallest absolute Gasteiger partial charge is 0.230 e. The van der Waals surface area contributed by atoms with Crippen LogP contribution in [0, 0.1) is 26.2 Å². The fraction of sp³-hybridized carbons (Fsp3) is 0.200. The second-order valence-corrected chi connectivity index (χ2v) is 4.57. The van der Waals surface area contributed by atoms with Gasteiger partial charge in [-0.3, -0.25) is 5.41 Å². The SMILES string of the molecule is Cc1ccc(Oc2nccc(C)c2C(=N)N)cc1C. The number of benzene rings is 1. The number of nitrogens with one attached hydrogen (secondary N) is 1. The Balaban J connectivity index is 2.40. The summed E-state index contributed by atoms with van der Waals surface area (Å²) in [6.07, 6.45) is 1.65. The Morgan fingerprint density at radius 1 is 1.11 bits per heavy atom. The summed E-state index contributed by atoms with van der Waals surface area (Å²) >= 11 is 0. The van der Waals surface area contributed by atoms with Crippen molar-refractivity contribution < 1.29 is 4.74 Å².